The predicted octanol–water partition coefficient (Wildman–Crippen LogP) is -1.18. The number of aliphatic imine (C=N–C) groups is 1. The maximum Gasteiger partial charge on any atom is 0.223 e. The normalized spacial score (nSPS) is 11.3. The number of hydrogen-bond acceptors (Lipinski definition) is 3. The van der Waals surface area contributed by atoms with Crippen molar-refractivity contribution in [3.8, 4) is 0 Å². The second kappa shape index (κ2) is 5.67. The lowest BCUT2D eigenvalue weighted by Gasteiger charge is -1.98. The quantitative estimate of drug-likeness (QED) is 0.275. The van der Waals surface area contributed by atoms with Gasteiger partial charge in [-0.05, 0) is 6.42 Å². The highest BCUT2D eigenvalue weighted by Gasteiger charge is 1.92. The molecule has 5 heteroatoms. The van der Waals surface area contributed by atoms with Crippen molar-refractivity contribution in [3.63, 3.8) is 0 Å². The van der Waals surface area contributed by atoms with Crippen molar-refractivity contribution in [2.24, 2.45) is 10.7 Å². The number of guanidine groups is 1. The molecule has 0 spiro atoms. The third-order valence-corrected chi connectivity index (χ3v) is 0.902. The summed E-state index contributed by atoms with van der Waals surface area (Å²) in [6.07, 6.45) is 0.556. The van der Waals surface area contributed by atoms with Crippen LogP contribution in [0.25, 0.3) is 0 Å². The Morgan fingerprint density at radius 1 is 1.73 bits per heavy atom. The predicted molar refractivity (Wildman–Crippen MR) is 42.0 cm³/mol. The molecular weight excluding hydrogens is 146 g/mol. The summed E-state index contributed by atoms with van der Waals surface area (Å²) in [5.74, 6) is -0.138. The van der Waals surface area contributed by atoms with Gasteiger partial charge in [-0.25, -0.2) is 0 Å². The van der Waals surface area contributed by atoms with Crippen molar-refractivity contribution in [1.82, 2.24) is 5.32 Å². The minimum Gasteiger partial charge on any atom is -0.396 e. The number of hydrogen-bond donors (Lipinski definition) is 3. The Morgan fingerprint density at radius 2 is 2.36 bits per heavy atom. The summed E-state index contributed by atoms with van der Waals surface area (Å²) in [6, 6.07) is 0. The Balaban J connectivity index is 3.54. The van der Waals surface area contributed by atoms with Gasteiger partial charge in [0.05, 0.1) is 0 Å². The number of rotatable bonds is 3. The molecule has 0 aromatic heterocycles. The van der Waals surface area contributed by atoms with Gasteiger partial charge in [0.15, 0.2) is 5.96 Å². The van der Waals surface area contributed by atoms with Crippen molar-refractivity contribution in [1.29, 1.82) is 0 Å². The minimum absolute atomic E-state index is 0.0802. The van der Waals surface area contributed by atoms with Gasteiger partial charge in [-0.2, -0.15) is 0 Å². The number of carbonyl (C=O) groups excluding carboxylic acids is 1. The molecule has 0 aliphatic rings. The van der Waals surface area contributed by atoms with Gasteiger partial charge >= 0.3 is 0 Å². The van der Waals surface area contributed by atoms with Crippen LogP contribution in [0.3, 0.4) is 0 Å². The van der Waals surface area contributed by atoms with E-state index in [2.05, 4.69) is 10.3 Å². The largest absolute Gasteiger partial charge is 0.396 e. The van der Waals surface area contributed by atoms with Crippen LogP contribution in [0.1, 0.15) is 13.3 Å². The molecule has 0 aromatic rings. The van der Waals surface area contributed by atoms with Gasteiger partial charge in [0.2, 0.25) is 5.91 Å². The lowest BCUT2D eigenvalue weighted by molar-refractivity contribution is -0.117. The molecule has 0 atom stereocenters. The molecule has 5 nitrogen and oxygen atoms in total. The number of carbonyl (C=O) groups is 1. The SMILES string of the molecule is CC(=O)NC(N)=NCCCO. The number of amides is 1. The molecule has 0 heterocycles. The topological polar surface area (TPSA) is 87.7 Å². The molecule has 0 fully saturated rings. The first kappa shape index (κ1) is 9.90. The van der Waals surface area contributed by atoms with E-state index in [4.69, 9.17) is 10.8 Å². The second-order valence-electron chi connectivity index (χ2n) is 2.03. The molecule has 0 rings (SSSR count). The van der Waals surface area contributed by atoms with E-state index < -0.39 is 0 Å². The van der Waals surface area contributed by atoms with Crippen LogP contribution in [0.5, 0.6) is 0 Å². The maximum atomic E-state index is 10.4. The summed E-state index contributed by atoms with van der Waals surface area (Å²) in [4.78, 5) is 14.1. The number of nitrogens with zero attached hydrogens (tertiary/aromatic N) is 1. The Bertz CT molecular complexity index is 156. The zero-order valence-corrected chi connectivity index (χ0v) is 6.50. The molecule has 0 saturated carbocycles. The van der Waals surface area contributed by atoms with E-state index in [1.807, 2.05) is 0 Å². The van der Waals surface area contributed by atoms with E-state index in [0.29, 0.717) is 13.0 Å². The molecule has 64 valence electrons. The highest BCUT2D eigenvalue weighted by molar-refractivity contribution is 5.94. The van der Waals surface area contributed by atoms with Gasteiger partial charge in [-0.3, -0.25) is 15.1 Å². The molecule has 0 aromatic carbocycles. The average molecular weight is 159 g/mol. The third-order valence-electron chi connectivity index (χ3n) is 0.902. The van der Waals surface area contributed by atoms with Gasteiger partial charge in [-0.1, -0.05) is 0 Å². The Labute approximate surface area is 65.3 Å². The summed E-state index contributed by atoms with van der Waals surface area (Å²) in [5.41, 5.74) is 5.25. The smallest absolute Gasteiger partial charge is 0.223 e. The monoisotopic (exact) mass is 159 g/mol. The van der Waals surface area contributed by atoms with E-state index in [0.717, 1.165) is 0 Å². The van der Waals surface area contributed by atoms with Crippen LogP contribution in [-0.2, 0) is 4.79 Å². The van der Waals surface area contributed by atoms with Crippen molar-refractivity contribution in [2.45, 2.75) is 13.3 Å². The Morgan fingerprint density at radius 3 is 2.82 bits per heavy atom. The molecule has 1 amide bonds. The van der Waals surface area contributed by atoms with Crippen LogP contribution in [0.2, 0.25) is 0 Å². The van der Waals surface area contributed by atoms with Gasteiger partial charge in [-0.15, -0.1) is 0 Å². The van der Waals surface area contributed by atoms with Gasteiger partial charge < -0.3 is 10.8 Å². The standard InChI is InChI=1S/C6H13N3O2/c1-5(11)9-6(7)8-3-2-4-10/h10H,2-4H2,1H3,(H3,7,8,9,11). The summed E-state index contributed by atoms with van der Waals surface area (Å²) in [6.45, 7) is 1.87. The Hall–Kier alpha value is -1.10. The summed E-state index contributed by atoms with van der Waals surface area (Å²) < 4.78 is 0. The molecule has 0 bridgehead atoms. The van der Waals surface area contributed by atoms with Crippen LogP contribution < -0.4 is 11.1 Å². The third kappa shape index (κ3) is 6.79. The average Bonchev–Trinajstić information content (AvgIpc) is 1.86. The molecular formula is C6H13N3O2. The highest BCUT2D eigenvalue weighted by Crippen LogP contribution is 1.77. The van der Waals surface area contributed by atoms with Gasteiger partial charge in [0, 0.05) is 20.1 Å². The minimum atomic E-state index is -0.241. The summed E-state index contributed by atoms with van der Waals surface area (Å²) in [7, 11) is 0. The van der Waals surface area contributed by atoms with Gasteiger partial charge in [0.25, 0.3) is 0 Å². The lowest BCUT2D eigenvalue weighted by Crippen LogP contribution is -2.35. The Kier molecular flexibility index (Phi) is 5.10. The zero-order valence-electron chi connectivity index (χ0n) is 6.50. The van der Waals surface area contributed by atoms with Crippen LogP contribution in [0, 0.1) is 0 Å². The van der Waals surface area contributed by atoms with E-state index in [1.54, 1.807) is 0 Å². The molecule has 4 N–H and O–H groups in total. The fourth-order valence-corrected chi connectivity index (χ4v) is 0.490. The second-order valence-corrected chi connectivity index (χ2v) is 2.03. The van der Waals surface area contributed by atoms with Crippen molar-refractivity contribution in [2.75, 3.05) is 13.2 Å². The summed E-state index contributed by atoms with van der Waals surface area (Å²) in [5, 5.41) is 10.7. The summed E-state index contributed by atoms with van der Waals surface area (Å²) >= 11 is 0. The van der Waals surface area contributed by atoms with Crippen LogP contribution in [-0.4, -0.2) is 30.1 Å². The molecule has 0 unspecified atom stereocenters. The fraction of sp³-hybridized carbons (Fsp3) is 0.667. The van der Waals surface area contributed by atoms with Crippen molar-refractivity contribution >= 4 is 11.9 Å². The van der Waals surface area contributed by atoms with Crippen molar-refractivity contribution < 1.29 is 9.90 Å². The first-order chi connectivity index (χ1) is 5.16. The lowest BCUT2D eigenvalue weighted by atomic mass is 10.5. The zero-order chi connectivity index (χ0) is 8.69. The van der Waals surface area contributed by atoms with Crippen LogP contribution in [0.15, 0.2) is 4.99 Å². The molecule has 0 radical (unpaired) electrons. The molecule has 0 aliphatic heterocycles. The van der Waals surface area contributed by atoms with Crippen LogP contribution in [0.4, 0.5) is 0 Å². The van der Waals surface area contributed by atoms with E-state index in [-0.39, 0.29) is 18.5 Å². The molecule has 11 heavy (non-hydrogen) atoms. The maximum absolute atomic E-state index is 10.4. The first-order valence-electron chi connectivity index (χ1n) is 3.35. The van der Waals surface area contributed by atoms with Gasteiger partial charge in [0.1, 0.15) is 0 Å². The van der Waals surface area contributed by atoms with E-state index >= 15 is 0 Å². The van der Waals surface area contributed by atoms with E-state index in [9.17, 15) is 4.79 Å². The fourth-order valence-electron chi connectivity index (χ4n) is 0.490. The molecule has 0 saturated heterocycles. The number of nitrogens with one attached hydrogen (secondary N) is 1. The number of nitrogens with two attached hydrogens (primary N) is 1. The van der Waals surface area contributed by atoms with Crippen molar-refractivity contribution in [3.05, 3.63) is 0 Å². The van der Waals surface area contributed by atoms with E-state index in [1.165, 1.54) is 6.92 Å². The first-order valence-corrected chi connectivity index (χ1v) is 3.35. The number of aliphatic hydroxyl groups is 1. The highest BCUT2D eigenvalue weighted by atomic mass is 16.3. The molecule has 0 aliphatic carbocycles. The van der Waals surface area contributed by atoms with Crippen LogP contribution >= 0.6 is 0 Å². The number of aliphatic hydroxyl groups excluding tert-OH is 1.